The average molecular weight is 401 g/mol. The summed E-state index contributed by atoms with van der Waals surface area (Å²) in [4.78, 5) is 0.317. The zero-order valence-corrected chi connectivity index (χ0v) is 15.3. The van der Waals surface area contributed by atoms with Crippen LogP contribution in [-0.4, -0.2) is 18.6 Å². The second-order valence-electron chi connectivity index (χ2n) is 5.77. The van der Waals surface area contributed by atoms with E-state index in [1.807, 2.05) is 25.0 Å². The number of aromatic nitrogens is 2. The summed E-state index contributed by atoms with van der Waals surface area (Å²) in [5.74, 6) is 0. The smallest absolute Gasteiger partial charge is 0.279 e. The molecule has 0 aliphatic heterocycles. The molecule has 0 bridgehead atoms. The third-order valence-corrected chi connectivity index (χ3v) is 6.44. The van der Waals surface area contributed by atoms with Gasteiger partial charge in [0.05, 0.1) is 4.88 Å². The third-order valence-electron chi connectivity index (χ3n) is 3.46. The standard InChI is InChI=1S/C16H14F3N3O2S2/c1-9-5-10(2)7-11(6-9)22-26(23,24)15-4-3-13(25-15)12-8-14(21-20-12)16(17,18)19/h3-8,22H,1-2H3,(H,20,21). The fourth-order valence-electron chi connectivity index (χ4n) is 2.43. The van der Waals surface area contributed by atoms with Gasteiger partial charge in [-0.05, 0) is 55.3 Å². The molecule has 3 aromatic rings. The van der Waals surface area contributed by atoms with Crippen molar-refractivity contribution in [2.75, 3.05) is 4.72 Å². The second kappa shape index (κ2) is 6.44. The third kappa shape index (κ3) is 3.91. The summed E-state index contributed by atoms with van der Waals surface area (Å²) in [5.41, 5.74) is 1.29. The van der Waals surface area contributed by atoms with Crippen molar-refractivity contribution in [3.8, 4) is 10.6 Å². The number of anilines is 1. The quantitative estimate of drug-likeness (QED) is 0.672. The first kappa shape index (κ1) is 18.5. The van der Waals surface area contributed by atoms with Crippen molar-refractivity contribution in [2.24, 2.45) is 0 Å². The lowest BCUT2D eigenvalue weighted by atomic mass is 10.1. The molecule has 0 saturated carbocycles. The molecule has 2 heterocycles. The van der Waals surface area contributed by atoms with Gasteiger partial charge in [0, 0.05) is 5.69 Å². The first-order chi connectivity index (χ1) is 12.0. The summed E-state index contributed by atoms with van der Waals surface area (Å²) >= 11 is 0.844. The molecule has 0 amide bonds. The molecule has 0 spiro atoms. The number of hydrogen-bond donors (Lipinski definition) is 2. The van der Waals surface area contributed by atoms with E-state index in [4.69, 9.17) is 0 Å². The van der Waals surface area contributed by atoms with Crippen LogP contribution in [0.4, 0.5) is 18.9 Å². The van der Waals surface area contributed by atoms with Gasteiger partial charge in [0.2, 0.25) is 0 Å². The molecule has 0 fully saturated rings. The van der Waals surface area contributed by atoms with Crippen LogP contribution in [0.1, 0.15) is 16.8 Å². The highest BCUT2D eigenvalue weighted by molar-refractivity contribution is 7.94. The van der Waals surface area contributed by atoms with Gasteiger partial charge >= 0.3 is 6.18 Å². The molecular weight excluding hydrogens is 387 g/mol. The number of thiophene rings is 1. The van der Waals surface area contributed by atoms with Gasteiger partial charge in [0.25, 0.3) is 10.0 Å². The first-order valence-electron chi connectivity index (χ1n) is 7.38. The van der Waals surface area contributed by atoms with Crippen LogP contribution in [0.15, 0.2) is 40.6 Å². The fraction of sp³-hybridized carbons (Fsp3) is 0.188. The summed E-state index contributed by atoms with van der Waals surface area (Å²) in [6.07, 6.45) is -4.54. The lowest BCUT2D eigenvalue weighted by Gasteiger charge is -2.08. The maximum atomic E-state index is 12.6. The number of aryl methyl sites for hydroxylation is 2. The van der Waals surface area contributed by atoms with Crippen LogP contribution < -0.4 is 4.72 Å². The Kier molecular flexibility index (Phi) is 4.57. The largest absolute Gasteiger partial charge is 0.432 e. The Labute approximate surface area is 151 Å². The molecule has 0 radical (unpaired) electrons. The molecule has 3 rings (SSSR count). The highest BCUT2D eigenvalue weighted by Gasteiger charge is 2.33. The average Bonchev–Trinajstić information content (AvgIpc) is 3.14. The number of H-pyrrole nitrogens is 1. The molecule has 0 saturated heterocycles. The van der Waals surface area contributed by atoms with Crippen LogP contribution in [0.2, 0.25) is 0 Å². The minimum atomic E-state index is -4.54. The molecular formula is C16H14F3N3O2S2. The Bertz CT molecular complexity index is 1030. The van der Waals surface area contributed by atoms with Crippen molar-refractivity contribution in [1.82, 2.24) is 10.2 Å². The number of sulfonamides is 1. The van der Waals surface area contributed by atoms with Gasteiger partial charge in [0.15, 0.2) is 0 Å². The second-order valence-corrected chi connectivity index (χ2v) is 8.76. The Morgan fingerprint density at radius 3 is 2.31 bits per heavy atom. The number of nitrogens with zero attached hydrogens (tertiary/aromatic N) is 1. The first-order valence-corrected chi connectivity index (χ1v) is 9.68. The normalized spacial score (nSPS) is 12.3. The van der Waals surface area contributed by atoms with E-state index in [0.717, 1.165) is 28.5 Å². The zero-order valence-electron chi connectivity index (χ0n) is 13.7. The van der Waals surface area contributed by atoms with E-state index in [2.05, 4.69) is 9.82 Å². The summed E-state index contributed by atoms with van der Waals surface area (Å²) in [6, 6.07) is 8.92. The van der Waals surface area contributed by atoms with Crippen LogP contribution >= 0.6 is 11.3 Å². The number of halogens is 3. The molecule has 26 heavy (non-hydrogen) atoms. The van der Waals surface area contributed by atoms with Crippen molar-refractivity contribution >= 4 is 27.0 Å². The number of nitrogens with one attached hydrogen (secondary N) is 2. The van der Waals surface area contributed by atoms with Crippen LogP contribution in [0.5, 0.6) is 0 Å². The van der Waals surface area contributed by atoms with Crippen LogP contribution in [0.3, 0.4) is 0 Å². The number of aromatic amines is 1. The van der Waals surface area contributed by atoms with E-state index in [-0.39, 0.29) is 9.90 Å². The molecule has 0 unspecified atom stereocenters. The van der Waals surface area contributed by atoms with Crippen LogP contribution in [0, 0.1) is 13.8 Å². The number of hydrogen-bond acceptors (Lipinski definition) is 4. The van der Waals surface area contributed by atoms with Crippen LogP contribution in [-0.2, 0) is 16.2 Å². The lowest BCUT2D eigenvalue weighted by molar-refractivity contribution is -0.141. The summed E-state index contributed by atoms with van der Waals surface area (Å²) in [5, 5.41) is 5.52. The molecule has 1 aromatic carbocycles. The highest BCUT2D eigenvalue weighted by Crippen LogP contribution is 2.34. The van der Waals surface area contributed by atoms with E-state index >= 15 is 0 Å². The Morgan fingerprint density at radius 1 is 1.08 bits per heavy atom. The van der Waals surface area contributed by atoms with Gasteiger partial charge in [0.1, 0.15) is 15.6 Å². The highest BCUT2D eigenvalue weighted by atomic mass is 32.2. The van der Waals surface area contributed by atoms with Crippen molar-refractivity contribution in [2.45, 2.75) is 24.2 Å². The summed E-state index contributed by atoms with van der Waals surface area (Å²) in [6.45, 7) is 3.70. The number of benzene rings is 1. The zero-order chi connectivity index (χ0) is 19.1. The van der Waals surface area contributed by atoms with Crippen molar-refractivity contribution in [3.05, 3.63) is 53.2 Å². The Hall–Kier alpha value is -2.33. The molecule has 138 valence electrons. The summed E-state index contributed by atoms with van der Waals surface area (Å²) in [7, 11) is -3.85. The van der Waals surface area contributed by atoms with E-state index in [1.165, 1.54) is 12.1 Å². The predicted molar refractivity (Wildman–Crippen MR) is 93.6 cm³/mol. The van der Waals surface area contributed by atoms with E-state index < -0.39 is 21.9 Å². The topological polar surface area (TPSA) is 74.8 Å². The van der Waals surface area contributed by atoms with Gasteiger partial charge in [-0.2, -0.15) is 18.3 Å². The van der Waals surface area contributed by atoms with Gasteiger partial charge in [-0.3, -0.25) is 9.82 Å². The number of alkyl halides is 3. The Morgan fingerprint density at radius 2 is 1.73 bits per heavy atom. The minimum absolute atomic E-state index is 0.0109. The Balaban J connectivity index is 1.87. The maximum Gasteiger partial charge on any atom is 0.432 e. The van der Waals surface area contributed by atoms with Crippen LogP contribution in [0.25, 0.3) is 10.6 Å². The summed E-state index contributed by atoms with van der Waals surface area (Å²) < 4.78 is 65.5. The maximum absolute atomic E-state index is 12.6. The van der Waals surface area contributed by atoms with Crippen molar-refractivity contribution < 1.29 is 21.6 Å². The fourth-order valence-corrected chi connectivity index (χ4v) is 4.74. The monoisotopic (exact) mass is 401 g/mol. The van der Waals surface area contributed by atoms with Gasteiger partial charge in [-0.15, -0.1) is 11.3 Å². The van der Waals surface area contributed by atoms with E-state index in [0.29, 0.717) is 10.6 Å². The van der Waals surface area contributed by atoms with Crippen molar-refractivity contribution in [1.29, 1.82) is 0 Å². The molecule has 2 aromatic heterocycles. The molecule has 10 heteroatoms. The minimum Gasteiger partial charge on any atom is -0.279 e. The molecule has 5 nitrogen and oxygen atoms in total. The molecule has 0 aliphatic rings. The van der Waals surface area contributed by atoms with Gasteiger partial charge in [-0.25, -0.2) is 8.42 Å². The molecule has 0 aliphatic carbocycles. The van der Waals surface area contributed by atoms with Crippen molar-refractivity contribution in [3.63, 3.8) is 0 Å². The predicted octanol–water partition coefficient (Wildman–Crippen LogP) is 4.57. The van der Waals surface area contributed by atoms with E-state index in [9.17, 15) is 21.6 Å². The van der Waals surface area contributed by atoms with Gasteiger partial charge < -0.3 is 0 Å². The molecule has 2 N–H and O–H groups in total. The van der Waals surface area contributed by atoms with E-state index in [1.54, 1.807) is 12.1 Å². The number of rotatable bonds is 4. The lowest BCUT2D eigenvalue weighted by Crippen LogP contribution is -2.11. The van der Waals surface area contributed by atoms with Gasteiger partial charge in [-0.1, -0.05) is 6.07 Å². The molecule has 0 atom stereocenters. The SMILES string of the molecule is Cc1cc(C)cc(NS(=O)(=O)c2ccc(-c3cc(C(F)(F)F)[nH]n3)s2)c1.